The number of aryl methyl sites for hydroxylation is 2. The summed E-state index contributed by atoms with van der Waals surface area (Å²) in [7, 11) is 0. The quantitative estimate of drug-likeness (QED) is 0.621. The highest BCUT2D eigenvalue weighted by Crippen LogP contribution is 2.30. The maximum atomic E-state index is 13.7. The molecule has 0 aliphatic heterocycles. The molecule has 1 aromatic carbocycles. The number of halogens is 2. The molecular weight excluding hydrogens is 295 g/mol. The van der Waals surface area contributed by atoms with Crippen molar-refractivity contribution >= 4 is 33.8 Å². The Bertz CT molecular complexity index is 798. The molecule has 0 unspecified atom stereocenters. The Kier molecular flexibility index (Phi) is 3.44. The van der Waals surface area contributed by atoms with Gasteiger partial charge >= 0.3 is 0 Å². The second kappa shape index (κ2) is 5.11. The lowest BCUT2D eigenvalue weighted by atomic mass is 10.1. The molecule has 5 heteroatoms. The molecule has 0 saturated carbocycles. The largest absolute Gasteiger partial charge is 0.227 e. The van der Waals surface area contributed by atoms with Gasteiger partial charge in [0.05, 0.1) is 10.4 Å². The van der Waals surface area contributed by atoms with E-state index in [-0.39, 0.29) is 5.82 Å². The molecular formula is C15H12ClFN2S. The van der Waals surface area contributed by atoms with Gasteiger partial charge in [-0.2, -0.15) is 0 Å². The maximum absolute atomic E-state index is 13.7. The van der Waals surface area contributed by atoms with Crippen LogP contribution in [0.5, 0.6) is 0 Å². The van der Waals surface area contributed by atoms with Gasteiger partial charge in [-0.15, -0.1) is 11.3 Å². The highest BCUT2D eigenvalue weighted by molar-refractivity contribution is 7.15. The number of thiophene rings is 1. The zero-order valence-electron chi connectivity index (χ0n) is 11.1. The minimum absolute atomic E-state index is 0.279. The lowest BCUT2D eigenvalue weighted by Crippen LogP contribution is -1.92. The van der Waals surface area contributed by atoms with E-state index in [1.807, 2.05) is 6.07 Å². The molecule has 0 fully saturated rings. The van der Waals surface area contributed by atoms with Gasteiger partial charge in [0.1, 0.15) is 11.0 Å². The Morgan fingerprint density at radius 2 is 2.05 bits per heavy atom. The van der Waals surface area contributed by atoms with Gasteiger partial charge in [-0.25, -0.2) is 14.4 Å². The summed E-state index contributed by atoms with van der Waals surface area (Å²) in [5, 5.41) is 1.04. The number of nitrogens with zero attached hydrogens (tertiary/aromatic N) is 2. The van der Waals surface area contributed by atoms with Crippen LogP contribution in [0.4, 0.5) is 4.39 Å². The summed E-state index contributed by atoms with van der Waals surface area (Å²) in [4.78, 5) is 11.0. The molecule has 0 amide bonds. The molecule has 0 aliphatic rings. The van der Waals surface area contributed by atoms with Gasteiger partial charge in [-0.3, -0.25) is 0 Å². The van der Waals surface area contributed by atoms with Crippen molar-refractivity contribution in [1.29, 1.82) is 0 Å². The summed E-state index contributed by atoms with van der Waals surface area (Å²) in [6, 6.07) is 7.13. The Morgan fingerprint density at radius 1 is 1.25 bits per heavy atom. The summed E-state index contributed by atoms with van der Waals surface area (Å²) < 4.78 is 13.7. The van der Waals surface area contributed by atoms with Crippen molar-refractivity contribution in [3.8, 4) is 10.7 Å². The zero-order chi connectivity index (χ0) is 14.3. The molecule has 102 valence electrons. The number of hydrogen-bond donors (Lipinski definition) is 0. The molecule has 0 radical (unpaired) electrons. The lowest BCUT2D eigenvalue weighted by Gasteiger charge is -2.05. The molecule has 2 heterocycles. The van der Waals surface area contributed by atoms with Crippen molar-refractivity contribution in [3.05, 3.63) is 45.7 Å². The third-order valence-corrected chi connectivity index (χ3v) is 4.67. The van der Waals surface area contributed by atoms with E-state index in [1.165, 1.54) is 10.9 Å². The van der Waals surface area contributed by atoms with Crippen molar-refractivity contribution in [3.63, 3.8) is 0 Å². The number of hydrogen-bond acceptors (Lipinski definition) is 3. The van der Waals surface area contributed by atoms with Crippen LogP contribution in [0.2, 0.25) is 5.15 Å². The standard InChI is InChI=1S/C15H12ClFN2S/c1-3-9-4-5-13(20-9)15-18-12-7-11(17)8(2)6-10(12)14(16)19-15/h4-7H,3H2,1-2H3. The first-order chi connectivity index (χ1) is 9.58. The molecule has 0 spiro atoms. The molecule has 0 aliphatic carbocycles. The van der Waals surface area contributed by atoms with E-state index in [4.69, 9.17) is 11.6 Å². The molecule has 2 aromatic heterocycles. The Morgan fingerprint density at radius 3 is 2.75 bits per heavy atom. The first kappa shape index (κ1) is 13.5. The fourth-order valence-corrected chi connectivity index (χ4v) is 3.13. The first-order valence-electron chi connectivity index (χ1n) is 6.31. The van der Waals surface area contributed by atoms with Gasteiger partial charge in [-0.1, -0.05) is 18.5 Å². The van der Waals surface area contributed by atoms with Crippen LogP contribution in [0, 0.1) is 12.7 Å². The summed E-state index contributed by atoms with van der Waals surface area (Å²) in [6.07, 6.45) is 0.972. The van der Waals surface area contributed by atoms with Crippen molar-refractivity contribution in [2.24, 2.45) is 0 Å². The van der Waals surface area contributed by atoms with Crippen LogP contribution in [0.25, 0.3) is 21.6 Å². The van der Waals surface area contributed by atoms with Gasteiger partial charge in [0.25, 0.3) is 0 Å². The molecule has 3 aromatic rings. The van der Waals surface area contributed by atoms with Crippen LogP contribution in [0.15, 0.2) is 24.3 Å². The minimum atomic E-state index is -0.279. The lowest BCUT2D eigenvalue weighted by molar-refractivity contribution is 0.620. The topological polar surface area (TPSA) is 25.8 Å². The molecule has 3 rings (SSSR count). The third-order valence-electron chi connectivity index (χ3n) is 3.16. The van der Waals surface area contributed by atoms with E-state index >= 15 is 0 Å². The van der Waals surface area contributed by atoms with Gasteiger partial charge < -0.3 is 0 Å². The number of rotatable bonds is 2. The van der Waals surface area contributed by atoms with Crippen molar-refractivity contribution in [2.45, 2.75) is 20.3 Å². The van der Waals surface area contributed by atoms with Crippen LogP contribution < -0.4 is 0 Å². The molecule has 20 heavy (non-hydrogen) atoms. The molecule has 0 saturated heterocycles. The Balaban J connectivity index is 2.20. The van der Waals surface area contributed by atoms with Crippen LogP contribution in [-0.2, 0) is 6.42 Å². The van der Waals surface area contributed by atoms with Crippen molar-refractivity contribution < 1.29 is 4.39 Å². The van der Waals surface area contributed by atoms with E-state index < -0.39 is 0 Å². The van der Waals surface area contributed by atoms with E-state index in [0.717, 1.165) is 11.3 Å². The van der Waals surface area contributed by atoms with Gasteiger partial charge in [-0.05, 0) is 37.1 Å². The second-order valence-corrected chi connectivity index (χ2v) is 6.10. The zero-order valence-corrected chi connectivity index (χ0v) is 12.6. The van der Waals surface area contributed by atoms with Crippen molar-refractivity contribution in [1.82, 2.24) is 9.97 Å². The number of fused-ring (bicyclic) bond motifs is 1. The van der Waals surface area contributed by atoms with E-state index in [1.54, 1.807) is 24.3 Å². The SMILES string of the molecule is CCc1ccc(-c2nc(Cl)c3cc(C)c(F)cc3n2)s1. The number of aromatic nitrogens is 2. The first-order valence-corrected chi connectivity index (χ1v) is 7.50. The van der Waals surface area contributed by atoms with E-state index in [0.29, 0.717) is 27.4 Å². The average Bonchev–Trinajstić information content (AvgIpc) is 2.90. The fourth-order valence-electron chi connectivity index (χ4n) is 2.02. The highest BCUT2D eigenvalue weighted by atomic mass is 35.5. The molecule has 0 N–H and O–H groups in total. The Labute approximate surface area is 125 Å². The summed E-state index contributed by atoms with van der Waals surface area (Å²) in [5.41, 5.74) is 1.08. The molecule has 0 bridgehead atoms. The normalized spacial score (nSPS) is 11.2. The minimum Gasteiger partial charge on any atom is -0.227 e. The smallest absolute Gasteiger partial charge is 0.171 e. The van der Waals surface area contributed by atoms with Crippen molar-refractivity contribution in [2.75, 3.05) is 0 Å². The van der Waals surface area contributed by atoms with E-state index in [2.05, 4.69) is 23.0 Å². The maximum Gasteiger partial charge on any atom is 0.171 e. The number of benzene rings is 1. The Hall–Kier alpha value is -1.52. The predicted octanol–water partition coefficient (Wildman–Crippen LogP) is 5.02. The predicted molar refractivity (Wildman–Crippen MR) is 81.9 cm³/mol. The van der Waals surface area contributed by atoms with Gasteiger partial charge in [0.2, 0.25) is 0 Å². The van der Waals surface area contributed by atoms with Gasteiger partial charge in [0, 0.05) is 16.3 Å². The second-order valence-electron chi connectivity index (χ2n) is 4.58. The van der Waals surface area contributed by atoms with Crippen LogP contribution in [-0.4, -0.2) is 9.97 Å². The highest BCUT2D eigenvalue weighted by Gasteiger charge is 2.12. The van der Waals surface area contributed by atoms with Crippen LogP contribution in [0.1, 0.15) is 17.4 Å². The molecule has 0 atom stereocenters. The van der Waals surface area contributed by atoms with Crippen LogP contribution >= 0.6 is 22.9 Å². The summed E-state index contributed by atoms with van der Waals surface area (Å²) in [5.74, 6) is 0.272. The third kappa shape index (κ3) is 2.30. The monoisotopic (exact) mass is 306 g/mol. The summed E-state index contributed by atoms with van der Waals surface area (Å²) >= 11 is 7.84. The summed E-state index contributed by atoms with van der Waals surface area (Å²) in [6.45, 7) is 3.80. The fraction of sp³-hybridized carbons (Fsp3) is 0.200. The average molecular weight is 307 g/mol. The van der Waals surface area contributed by atoms with Crippen LogP contribution in [0.3, 0.4) is 0 Å². The molecule has 2 nitrogen and oxygen atoms in total. The van der Waals surface area contributed by atoms with E-state index in [9.17, 15) is 4.39 Å². The van der Waals surface area contributed by atoms with Gasteiger partial charge in [0.15, 0.2) is 5.82 Å².